The highest BCUT2D eigenvalue weighted by Crippen LogP contribution is 2.53. The van der Waals surface area contributed by atoms with Gasteiger partial charge < -0.3 is 9.75 Å². The molecule has 1 amide bonds. The average Bonchev–Trinajstić information content (AvgIpc) is 3.07. The van der Waals surface area contributed by atoms with Gasteiger partial charge in [-0.15, -0.1) is 0 Å². The van der Waals surface area contributed by atoms with Crippen LogP contribution in [0.4, 0.5) is 11.4 Å². The maximum Gasteiger partial charge on any atom is 0.338 e. The second-order valence-corrected chi connectivity index (χ2v) is 6.93. The number of hydrazine groups is 1. The van der Waals surface area contributed by atoms with Gasteiger partial charge >= 0.3 is 5.97 Å². The summed E-state index contributed by atoms with van der Waals surface area (Å²) < 4.78 is 5.39. The summed E-state index contributed by atoms with van der Waals surface area (Å²) in [6.45, 7) is 3.82. The largest absolute Gasteiger partial charge is 0.463 e. The molecular formula is C22H23N3O3. The molecule has 2 aliphatic heterocycles. The molecule has 0 fully saturated rings. The molecule has 6 heteroatoms. The highest BCUT2D eigenvalue weighted by molar-refractivity contribution is 6.17. The zero-order valence-corrected chi connectivity index (χ0v) is 16.5. The number of likely N-dealkylation sites (N-methyl/N-ethyl adjacent to an activating group) is 1. The standard InChI is InChI=1S/C22H23N3O3/c1-5-28-20(26)19-15(2)25(16-11-7-6-8-12-16)21(27)22(19)17-13-9-10-14-18(17)23(3)24(22)4/h6-14H,5H2,1-4H3. The number of esters is 1. The molecule has 1 spiro atoms. The molecule has 0 N–H and O–H groups in total. The zero-order chi connectivity index (χ0) is 20.1. The summed E-state index contributed by atoms with van der Waals surface area (Å²) in [5.41, 5.74) is 2.10. The molecule has 0 saturated carbocycles. The summed E-state index contributed by atoms with van der Waals surface area (Å²) in [6, 6.07) is 17.1. The van der Waals surface area contributed by atoms with Crippen molar-refractivity contribution in [1.29, 1.82) is 0 Å². The lowest BCUT2D eigenvalue weighted by Crippen LogP contribution is -2.54. The molecule has 1 atom stereocenters. The molecule has 28 heavy (non-hydrogen) atoms. The van der Waals surface area contributed by atoms with Crippen LogP contribution in [0.3, 0.4) is 0 Å². The summed E-state index contributed by atoms with van der Waals surface area (Å²) in [6.07, 6.45) is 0. The third-order valence-corrected chi connectivity index (χ3v) is 5.64. The Kier molecular flexibility index (Phi) is 4.23. The predicted octanol–water partition coefficient (Wildman–Crippen LogP) is 3.06. The lowest BCUT2D eigenvalue weighted by Gasteiger charge is -2.35. The van der Waals surface area contributed by atoms with Crippen molar-refractivity contribution in [3.63, 3.8) is 0 Å². The van der Waals surface area contributed by atoms with Gasteiger partial charge in [0.2, 0.25) is 0 Å². The highest BCUT2D eigenvalue weighted by atomic mass is 16.5. The number of hydrogen-bond donors (Lipinski definition) is 0. The van der Waals surface area contributed by atoms with Crippen molar-refractivity contribution in [2.24, 2.45) is 0 Å². The van der Waals surface area contributed by atoms with Crippen molar-refractivity contribution in [3.05, 3.63) is 71.4 Å². The van der Waals surface area contributed by atoms with Gasteiger partial charge in [-0.2, -0.15) is 5.01 Å². The van der Waals surface area contributed by atoms with E-state index in [9.17, 15) is 9.59 Å². The number of hydrogen-bond acceptors (Lipinski definition) is 5. The van der Waals surface area contributed by atoms with E-state index in [0.29, 0.717) is 11.3 Å². The van der Waals surface area contributed by atoms with Crippen LogP contribution in [0.25, 0.3) is 0 Å². The number of ether oxygens (including phenoxy) is 1. The van der Waals surface area contributed by atoms with E-state index >= 15 is 0 Å². The molecule has 0 radical (unpaired) electrons. The van der Waals surface area contributed by atoms with E-state index in [1.54, 1.807) is 18.7 Å². The van der Waals surface area contributed by atoms with Crippen molar-refractivity contribution in [2.75, 3.05) is 30.6 Å². The van der Waals surface area contributed by atoms with Crippen molar-refractivity contribution < 1.29 is 14.3 Å². The lowest BCUT2D eigenvalue weighted by molar-refractivity contribution is -0.142. The third-order valence-electron chi connectivity index (χ3n) is 5.64. The van der Waals surface area contributed by atoms with Crippen molar-refractivity contribution in [2.45, 2.75) is 19.4 Å². The number of fused-ring (bicyclic) bond motifs is 2. The fraction of sp³-hybridized carbons (Fsp3) is 0.273. The molecule has 1 unspecified atom stereocenters. The first-order chi connectivity index (χ1) is 13.5. The van der Waals surface area contributed by atoms with Gasteiger partial charge in [0, 0.05) is 31.0 Å². The second-order valence-electron chi connectivity index (χ2n) is 6.93. The molecule has 0 bridgehead atoms. The summed E-state index contributed by atoms with van der Waals surface area (Å²) in [5.74, 6) is -0.651. The number of benzene rings is 2. The topological polar surface area (TPSA) is 53.1 Å². The average molecular weight is 377 g/mol. The molecular weight excluding hydrogens is 354 g/mol. The van der Waals surface area contributed by atoms with Crippen LogP contribution in [0.15, 0.2) is 65.9 Å². The van der Waals surface area contributed by atoms with Gasteiger partial charge in [-0.1, -0.05) is 36.4 Å². The summed E-state index contributed by atoms with van der Waals surface area (Å²) in [5, 5.41) is 3.74. The number of carbonyl (C=O) groups excluding carboxylic acids is 2. The number of carbonyl (C=O) groups is 2. The molecule has 2 aromatic rings. The molecule has 0 aliphatic carbocycles. The summed E-state index contributed by atoms with van der Waals surface area (Å²) in [4.78, 5) is 28.7. The minimum Gasteiger partial charge on any atom is -0.463 e. The van der Waals surface area contributed by atoms with E-state index in [2.05, 4.69) is 0 Å². The smallest absolute Gasteiger partial charge is 0.338 e. The number of para-hydroxylation sites is 2. The van der Waals surface area contributed by atoms with Gasteiger partial charge in [0.15, 0.2) is 5.54 Å². The van der Waals surface area contributed by atoms with E-state index < -0.39 is 11.5 Å². The summed E-state index contributed by atoms with van der Waals surface area (Å²) in [7, 11) is 3.73. The number of rotatable bonds is 3. The second kappa shape index (κ2) is 6.49. The first-order valence-corrected chi connectivity index (χ1v) is 9.31. The van der Waals surface area contributed by atoms with Crippen LogP contribution in [0.2, 0.25) is 0 Å². The Morgan fingerprint density at radius 3 is 2.36 bits per heavy atom. The maximum absolute atomic E-state index is 14.0. The van der Waals surface area contributed by atoms with Gasteiger partial charge in [-0.25, -0.2) is 4.79 Å². The minimum absolute atomic E-state index is 0.182. The molecule has 0 aromatic heterocycles. The predicted molar refractivity (Wildman–Crippen MR) is 108 cm³/mol. The van der Waals surface area contributed by atoms with Crippen LogP contribution in [0.5, 0.6) is 0 Å². The normalized spacial score (nSPS) is 21.6. The van der Waals surface area contributed by atoms with Crippen LogP contribution < -0.4 is 9.91 Å². The number of nitrogens with zero attached hydrogens (tertiary/aromatic N) is 3. The fourth-order valence-corrected chi connectivity index (χ4v) is 4.35. The van der Waals surface area contributed by atoms with Crippen molar-refractivity contribution in [3.8, 4) is 0 Å². The number of anilines is 2. The van der Waals surface area contributed by atoms with Crippen molar-refractivity contribution >= 4 is 23.3 Å². The van der Waals surface area contributed by atoms with E-state index in [0.717, 1.165) is 16.9 Å². The van der Waals surface area contributed by atoms with Crippen LogP contribution in [-0.2, 0) is 19.9 Å². The first kappa shape index (κ1) is 18.3. The van der Waals surface area contributed by atoms with E-state index in [-0.39, 0.29) is 12.5 Å². The molecule has 0 saturated heterocycles. The number of allylic oxidation sites excluding steroid dienone is 1. The Balaban J connectivity index is 2.01. The van der Waals surface area contributed by atoms with Gasteiger partial charge in [0.05, 0.1) is 17.9 Å². The highest BCUT2D eigenvalue weighted by Gasteiger charge is 2.63. The van der Waals surface area contributed by atoms with E-state index in [1.165, 1.54) is 0 Å². The zero-order valence-electron chi connectivity index (χ0n) is 16.5. The molecule has 2 heterocycles. The monoisotopic (exact) mass is 377 g/mol. The quantitative estimate of drug-likeness (QED) is 0.770. The van der Waals surface area contributed by atoms with Crippen LogP contribution >= 0.6 is 0 Å². The Bertz CT molecular complexity index is 986. The van der Waals surface area contributed by atoms with Crippen LogP contribution in [0, 0.1) is 0 Å². The molecule has 2 aliphatic rings. The van der Waals surface area contributed by atoms with Gasteiger partial charge in [0.25, 0.3) is 5.91 Å². The Morgan fingerprint density at radius 2 is 1.68 bits per heavy atom. The Morgan fingerprint density at radius 1 is 1.04 bits per heavy atom. The fourth-order valence-electron chi connectivity index (χ4n) is 4.35. The van der Waals surface area contributed by atoms with Gasteiger partial charge in [0.1, 0.15) is 0 Å². The molecule has 144 valence electrons. The van der Waals surface area contributed by atoms with Crippen LogP contribution in [0.1, 0.15) is 19.4 Å². The maximum atomic E-state index is 14.0. The third kappa shape index (κ3) is 2.18. The SMILES string of the molecule is CCOC(=O)C1=C(C)N(c2ccccc2)C(=O)C12c1ccccc1N(C)N2C. The Hall–Kier alpha value is -3.12. The molecule has 2 aromatic carbocycles. The minimum atomic E-state index is -1.25. The summed E-state index contributed by atoms with van der Waals surface area (Å²) >= 11 is 0. The van der Waals surface area contributed by atoms with Gasteiger partial charge in [-0.3, -0.25) is 9.69 Å². The molecule has 6 nitrogen and oxygen atoms in total. The van der Waals surface area contributed by atoms with E-state index in [4.69, 9.17) is 4.74 Å². The number of amides is 1. The van der Waals surface area contributed by atoms with Crippen molar-refractivity contribution in [1.82, 2.24) is 5.01 Å². The Labute approximate surface area is 164 Å². The lowest BCUT2D eigenvalue weighted by atomic mass is 9.83. The van der Waals surface area contributed by atoms with Crippen LogP contribution in [-0.4, -0.2) is 37.6 Å². The van der Waals surface area contributed by atoms with E-state index in [1.807, 2.05) is 78.7 Å². The molecule has 4 rings (SSSR count). The first-order valence-electron chi connectivity index (χ1n) is 9.31. The van der Waals surface area contributed by atoms with Gasteiger partial charge in [-0.05, 0) is 32.0 Å².